The van der Waals surface area contributed by atoms with E-state index in [0.29, 0.717) is 6.04 Å². The molecular weight excluding hydrogens is 220 g/mol. The summed E-state index contributed by atoms with van der Waals surface area (Å²) in [6.07, 6.45) is 3.99. The first-order chi connectivity index (χ1) is 8.83. The van der Waals surface area contributed by atoms with E-state index in [9.17, 15) is 0 Å². The van der Waals surface area contributed by atoms with Crippen molar-refractivity contribution >= 4 is 0 Å². The van der Waals surface area contributed by atoms with Crippen molar-refractivity contribution in [1.82, 2.24) is 10.6 Å². The fourth-order valence-corrected chi connectivity index (χ4v) is 3.23. The van der Waals surface area contributed by atoms with Gasteiger partial charge in [0.05, 0.1) is 0 Å². The lowest BCUT2D eigenvalue weighted by molar-refractivity contribution is 0.303. The van der Waals surface area contributed by atoms with Gasteiger partial charge in [0.15, 0.2) is 0 Å². The van der Waals surface area contributed by atoms with Gasteiger partial charge in [-0.2, -0.15) is 0 Å². The Morgan fingerprint density at radius 2 is 2.06 bits per heavy atom. The van der Waals surface area contributed by atoms with Crippen molar-refractivity contribution in [2.24, 2.45) is 5.92 Å². The second kappa shape index (κ2) is 5.41. The van der Waals surface area contributed by atoms with E-state index >= 15 is 0 Å². The zero-order valence-corrected chi connectivity index (χ0v) is 11.2. The van der Waals surface area contributed by atoms with Crippen LogP contribution in [0.25, 0.3) is 0 Å². The molecule has 0 spiro atoms. The Balaban J connectivity index is 1.43. The minimum atomic E-state index is 0.703. The summed E-state index contributed by atoms with van der Waals surface area (Å²) < 4.78 is 0. The molecule has 2 heteroatoms. The van der Waals surface area contributed by atoms with Gasteiger partial charge in [-0.15, -0.1) is 0 Å². The number of nitrogens with one attached hydrogen (secondary N) is 2. The SMILES string of the molecule is CC1CC(CNC2CC2c2ccccc2)CCN1. The molecule has 98 valence electrons. The topological polar surface area (TPSA) is 24.1 Å². The van der Waals surface area contributed by atoms with Gasteiger partial charge in [0.25, 0.3) is 0 Å². The first-order valence-corrected chi connectivity index (χ1v) is 7.34. The molecule has 1 aromatic rings. The highest BCUT2D eigenvalue weighted by Crippen LogP contribution is 2.40. The minimum absolute atomic E-state index is 0.703. The smallest absolute Gasteiger partial charge is 0.0143 e. The Labute approximate surface area is 110 Å². The van der Waals surface area contributed by atoms with Crippen LogP contribution in [0.15, 0.2) is 30.3 Å². The Kier molecular flexibility index (Phi) is 3.67. The maximum Gasteiger partial charge on any atom is 0.0143 e. The number of rotatable bonds is 4. The molecule has 2 nitrogen and oxygen atoms in total. The van der Waals surface area contributed by atoms with Crippen molar-refractivity contribution in [2.75, 3.05) is 13.1 Å². The fraction of sp³-hybridized carbons (Fsp3) is 0.625. The number of piperidine rings is 1. The highest BCUT2D eigenvalue weighted by Gasteiger charge is 2.38. The van der Waals surface area contributed by atoms with E-state index in [2.05, 4.69) is 47.9 Å². The molecule has 1 aromatic carbocycles. The number of hydrogen-bond donors (Lipinski definition) is 2. The van der Waals surface area contributed by atoms with Gasteiger partial charge in [-0.1, -0.05) is 30.3 Å². The van der Waals surface area contributed by atoms with Gasteiger partial charge in [-0.05, 0) is 50.8 Å². The molecular formula is C16H24N2. The van der Waals surface area contributed by atoms with Crippen molar-refractivity contribution in [3.63, 3.8) is 0 Å². The van der Waals surface area contributed by atoms with E-state index in [1.165, 1.54) is 37.9 Å². The van der Waals surface area contributed by atoms with Crippen LogP contribution in [0.4, 0.5) is 0 Å². The largest absolute Gasteiger partial charge is 0.314 e. The summed E-state index contributed by atoms with van der Waals surface area (Å²) in [5, 5.41) is 7.29. The molecule has 0 radical (unpaired) electrons. The maximum atomic E-state index is 3.77. The van der Waals surface area contributed by atoms with Crippen LogP contribution in [0.2, 0.25) is 0 Å². The molecule has 1 heterocycles. The standard InChI is InChI=1S/C16H24N2/c1-12-9-13(7-8-17-12)11-18-16-10-15(16)14-5-3-2-4-6-14/h2-6,12-13,15-18H,7-11H2,1H3. The Bertz CT molecular complexity index is 376. The van der Waals surface area contributed by atoms with Gasteiger partial charge in [-0.3, -0.25) is 0 Å². The van der Waals surface area contributed by atoms with E-state index < -0.39 is 0 Å². The molecule has 0 aromatic heterocycles. The predicted molar refractivity (Wildman–Crippen MR) is 75.8 cm³/mol. The second-order valence-corrected chi connectivity index (χ2v) is 6.01. The van der Waals surface area contributed by atoms with E-state index in [4.69, 9.17) is 0 Å². The summed E-state index contributed by atoms with van der Waals surface area (Å²) >= 11 is 0. The first kappa shape index (κ1) is 12.2. The molecule has 18 heavy (non-hydrogen) atoms. The monoisotopic (exact) mass is 244 g/mol. The van der Waals surface area contributed by atoms with Crippen molar-refractivity contribution < 1.29 is 0 Å². The van der Waals surface area contributed by atoms with Gasteiger partial charge in [0.2, 0.25) is 0 Å². The summed E-state index contributed by atoms with van der Waals surface area (Å²) in [5.74, 6) is 1.64. The fourth-order valence-electron chi connectivity index (χ4n) is 3.23. The Hall–Kier alpha value is -0.860. The molecule has 0 amide bonds. The quantitative estimate of drug-likeness (QED) is 0.850. The number of benzene rings is 1. The summed E-state index contributed by atoms with van der Waals surface area (Å²) in [6, 6.07) is 12.4. The van der Waals surface area contributed by atoms with Crippen LogP contribution in [-0.4, -0.2) is 25.2 Å². The van der Waals surface area contributed by atoms with Gasteiger partial charge in [0.1, 0.15) is 0 Å². The lowest BCUT2D eigenvalue weighted by atomic mass is 9.93. The highest BCUT2D eigenvalue weighted by atomic mass is 15.0. The van der Waals surface area contributed by atoms with E-state index in [1.807, 2.05) is 0 Å². The lowest BCUT2D eigenvalue weighted by Gasteiger charge is -2.28. The molecule has 1 saturated heterocycles. The molecule has 1 saturated carbocycles. The van der Waals surface area contributed by atoms with Crippen LogP contribution >= 0.6 is 0 Å². The Morgan fingerprint density at radius 1 is 1.22 bits per heavy atom. The molecule has 3 rings (SSSR count). The second-order valence-electron chi connectivity index (χ2n) is 6.01. The molecule has 0 bridgehead atoms. The maximum absolute atomic E-state index is 3.77. The average molecular weight is 244 g/mol. The van der Waals surface area contributed by atoms with Crippen LogP contribution in [0.1, 0.15) is 37.7 Å². The van der Waals surface area contributed by atoms with Crippen molar-refractivity contribution in [3.05, 3.63) is 35.9 Å². The average Bonchev–Trinajstić information content (AvgIpc) is 3.17. The summed E-state index contributed by atoms with van der Waals surface area (Å²) in [5.41, 5.74) is 1.51. The van der Waals surface area contributed by atoms with Gasteiger partial charge in [-0.25, -0.2) is 0 Å². The van der Waals surface area contributed by atoms with Gasteiger partial charge in [0, 0.05) is 18.0 Å². The highest BCUT2D eigenvalue weighted by molar-refractivity contribution is 5.27. The van der Waals surface area contributed by atoms with Crippen molar-refractivity contribution in [1.29, 1.82) is 0 Å². The molecule has 2 fully saturated rings. The zero-order chi connectivity index (χ0) is 12.4. The van der Waals surface area contributed by atoms with E-state index in [-0.39, 0.29) is 0 Å². The van der Waals surface area contributed by atoms with Crippen LogP contribution in [0.3, 0.4) is 0 Å². The number of hydrogen-bond acceptors (Lipinski definition) is 2. The molecule has 4 unspecified atom stereocenters. The van der Waals surface area contributed by atoms with Gasteiger partial charge >= 0.3 is 0 Å². The minimum Gasteiger partial charge on any atom is -0.314 e. The van der Waals surface area contributed by atoms with E-state index in [0.717, 1.165) is 17.9 Å². The van der Waals surface area contributed by atoms with Gasteiger partial charge < -0.3 is 10.6 Å². The van der Waals surface area contributed by atoms with E-state index in [1.54, 1.807) is 0 Å². The summed E-state index contributed by atoms with van der Waals surface area (Å²) in [7, 11) is 0. The third-order valence-corrected chi connectivity index (χ3v) is 4.42. The summed E-state index contributed by atoms with van der Waals surface area (Å²) in [4.78, 5) is 0. The van der Waals surface area contributed by atoms with Crippen LogP contribution in [0, 0.1) is 5.92 Å². The zero-order valence-electron chi connectivity index (χ0n) is 11.2. The Morgan fingerprint density at radius 3 is 2.83 bits per heavy atom. The van der Waals surface area contributed by atoms with Crippen LogP contribution < -0.4 is 10.6 Å². The molecule has 2 aliphatic rings. The van der Waals surface area contributed by atoms with Crippen molar-refractivity contribution in [3.8, 4) is 0 Å². The predicted octanol–water partition coefficient (Wildman–Crippen LogP) is 2.52. The third-order valence-electron chi connectivity index (χ3n) is 4.42. The lowest BCUT2D eigenvalue weighted by Crippen LogP contribution is -2.39. The van der Waals surface area contributed by atoms with Crippen molar-refractivity contribution in [2.45, 2.75) is 44.2 Å². The third kappa shape index (κ3) is 2.93. The molecule has 1 aliphatic heterocycles. The van der Waals surface area contributed by atoms with Crippen LogP contribution in [0.5, 0.6) is 0 Å². The first-order valence-electron chi connectivity index (χ1n) is 7.34. The van der Waals surface area contributed by atoms with Crippen LogP contribution in [-0.2, 0) is 0 Å². The molecule has 4 atom stereocenters. The summed E-state index contributed by atoms with van der Waals surface area (Å²) in [6.45, 7) is 4.70. The molecule has 1 aliphatic carbocycles. The normalized spacial score (nSPS) is 35.4. The molecule has 2 N–H and O–H groups in total.